The van der Waals surface area contributed by atoms with E-state index in [1.165, 1.54) is 0 Å². The quantitative estimate of drug-likeness (QED) is 0.749. The Morgan fingerprint density at radius 3 is 2.26 bits per heavy atom. The van der Waals surface area contributed by atoms with Crippen molar-refractivity contribution < 1.29 is 9.53 Å². The molecule has 19 heavy (non-hydrogen) atoms. The zero-order valence-electron chi connectivity index (χ0n) is 9.70. The summed E-state index contributed by atoms with van der Waals surface area (Å²) in [6.45, 7) is -0.125. The first-order valence-electron chi connectivity index (χ1n) is 5.43. The lowest BCUT2D eigenvalue weighted by Crippen LogP contribution is -2.12. The van der Waals surface area contributed by atoms with E-state index in [-0.39, 0.29) is 12.4 Å². The van der Waals surface area contributed by atoms with Gasteiger partial charge in [0.1, 0.15) is 5.75 Å². The van der Waals surface area contributed by atoms with E-state index in [0.29, 0.717) is 26.4 Å². The highest BCUT2D eigenvalue weighted by molar-refractivity contribution is 6.35. The van der Waals surface area contributed by atoms with Crippen LogP contribution in [0, 0.1) is 0 Å². The van der Waals surface area contributed by atoms with Gasteiger partial charge in [-0.2, -0.15) is 0 Å². The Labute approximate surface area is 125 Å². The van der Waals surface area contributed by atoms with Crippen LogP contribution in [0.2, 0.25) is 15.1 Å². The van der Waals surface area contributed by atoms with Gasteiger partial charge in [-0.15, -0.1) is 0 Å². The summed E-state index contributed by atoms with van der Waals surface area (Å²) in [7, 11) is 0. The summed E-state index contributed by atoms with van der Waals surface area (Å²) < 4.78 is 5.36. The fourth-order valence-electron chi connectivity index (χ4n) is 1.53. The van der Waals surface area contributed by atoms with Crippen molar-refractivity contribution in [2.45, 2.75) is 0 Å². The Morgan fingerprint density at radius 1 is 1.00 bits per heavy atom. The molecule has 0 aliphatic carbocycles. The normalized spacial score (nSPS) is 10.3. The van der Waals surface area contributed by atoms with Crippen LogP contribution in [0.3, 0.4) is 0 Å². The van der Waals surface area contributed by atoms with Crippen LogP contribution >= 0.6 is 34.8 Å². The molecule has 0 unspecified atom stereocenters. The van der Waals surface area contributed by atoms with Crippen molar-refractivity contribution in [2.24, 2.45) is 0 Å². The van der Waals surface area contributed by atoms with Gasteiger partial charge in [-0.05, 0) is 30.3 Å². The molecule has 5 heteroatoms. The number of ether oxygens (including phenoxy) is 1. The molecule has 0 aromatic heterocycles. The number of benzene rings is 2. The SMILES string of the molecule is O=C(COc1cc(Cl)cc(Cl)c1)c1ccccc1Cl. The maximum Gasteiger partial charge on any atom is 0.201 e. The fourth-order valence-corrected chi connectivity index (χ4v) is 2.27. The molecule has 0 spiro atoms. The van der Waals surface area contributed by atoms with E-state index in [9.17, 15) is 4.79 Å². The van der Waals surface area contributed by atoms with E-state index in [1.807, 2.05) is 0 Å². The Bertz CT molecular complexity index is 591. The zero-order valence-corrected chi connectivity index (χ0v) is 12.0. The van der Waals surface area contributed by atoms with Gasteiger partial charge in [0.15, 0.2) is 6.61 Å². The van der Waals surface area contributed by atoms with Crippen molar-refractivity contribution in [3.05, 3.63) is 63.1 Å². The minimum Gasteiger partial charge on any atom is -0.485 e. The smallest absolute Gasteiger partial charge is 0.201 e. The average molecular weight is 316 g/mol. The van der Waals surface area contributed by atoms with E-state index in [0.717, 1.165) is 0 Å². The Hall–Kier alpha value is -1.22. The Balaban J connectivity index is 2.07. The molecule has 2 aromatic carbocycles. The number of hydrogen-bond donors (Lipinski definition) is 0. The van der Waals surface area contributed by atoms with Crippen molar-refractivity contribution >= 4 is 40.6 Å². The molecule has 0 aliphatic heterocycles. The highest BCUT2D eigenvalue weighted by Gasteiger charge is 2.10. The molecule has 98 valence electrons. The number of halogens is 3. The highest BCUT2D eigenvalue weighted by atomic mass is 35.5. The molecule has 0 bridgehead atoms. The lowest BCUT2D eigenvalue weighted by Gasteiger charge is -2.07. The van der Waals surface area contributed by atoms with Gasteiger partial charge in [0.05, 0.1) is 5.02 Å². The number of carbonyl (C=O) groups excluding carboxylic acids is 1. The zero-order chi connectivity index (χ0) is 13.8. The summed E-state index contributed by atoms with van der Waals surface area (Å²) in [4.78, 5) is 11.9. The minimum absolute atomic E-state index is 0.125. The summed E-state index contributed by atoms with van der Waals surface area (Å²) in [6.07, 6.45) is 0. The summed E-state index contributed by atoms with van der Waals surface area (Å²) in [6, 6.07) is 11.6. The molecular formula is C14H9Cl3O2. The van der Waals surface area contributed by atoms with Crippen molar-refractivity contribution in [2.75, 3.05) is 6.61 Å². The summed E-state index contributed by atoms with van der Waals surface area (Å²) in [5.74, 6) is 0.236. The molecule has 0 amide bonds. The van der Waals surface area contributed by atoms with E-state index in [2.05, 4.69) is 0 Å². The molecule has 0 N–H and O–H groups in total. The third kappa shape index (κ3) is 3.87. The molecule has 2 rings (SSSR count). The van der Waals surface area contributed by atoms with E-state index >= 15 is 0 Å². The molecule has 0 saturated carbocycles. The third-order valence-corrected chi connectivity index (χ3v) is 3.15. The molecule has 0 saturated heterocycles. The average Bonchev–Trinajstić information content (AvgIpc) is 2.35. The van der Waals surface area contributed by atoms with E-state index < -0.39 is 0 Å². The Morgan fingerprint density at radius 2 is 1.63 bits per heavy atom. The maximum absolute atomic E-state index is 11.9. The predicted octanol–water partition coefficient (Wildman–Crippen LogP) is 4.91. The topological polar surface area (TPSA) is 26.3 Å². The van der Waals surface area contributed by atoms with Gasteiger partial charge in [-0.1, -0.05) is 46.9 Å². The third-order valence-electron chi connectivity index (χ3n) is 2.38. The number of ketones is 1. The van der Waals surface area contributed by atoms with Crippen LogP contribution in [0.4, 0.5) is 0 Å². The van der Waals surface area contributed by atoms with Gasteiger partial charge < -0.3 is 4.74 Å². The number of Topliss-reactive ketones (excluding diaryl/α,β-unsaturated/α-hetero) is 1. The van der Waals surface area contributed by atoms with Crippen LogP contribution in [0.15, 0.2) is 42.5 Å². The van der Waals surface area contributed by atoms with Crippen LogP contribution in [-0.4, -0.2) is 12.4 Å². The minimum atomic E-state index is -0.207. The van der Waals surface area contributed by atoms with Crippen LogP contribution in [0.25, 0.3) is 0 Å². The van der Waals surface area contributed by atoms with Crippen LogP contribution in [-0.2, 0) is 0 Å². The standard InChI is InChI=1S/C14H9Cl3O2/c15-9-5-10(16)7-11(6-9)19-8-14(18)12-3-1-2-4-13(12)17/h1-7H,8H2. The van der Waals surface area contributed by atoms with Gasteiger partial charge in [-0.25, -0.2) is 0 Å². The predicted molar refractivity (Wildman–Crippen MR) is 77.7 cm³/mol. The first kappa shape index (κ1) is 14.2. The van der Waals surface area contributed by atoms with Crippen LogP contribution in [0.5, 0.6) is 5.75 Å². The van der Waals surface area contributed by atoms with Crippen molar-refractivity contribution in [3.63, 3.8) is 0 Å². The van der Waals surface area contributed by atoms with Crippen molar-refractivity contribution in [3.8, 4) is 5.75 Å². The number of hydrogen-bond acceptors (Lipinski definition) is 2. The largest absolute Gasteiger partial charge is 0.485 e. The summed E-state index contributed by atoms with van der Waals surface area (Å²) >= 11 is 17.6. The fraction of sp³-hybridized carbons (Fsp3) is 0.0714. The first-order valence-corrected chi connectivity index (χ1v) is 6.56. The highest BCUT2D eigenvalue weighted by Crippen LogP contribution is 2.24. The van der Waals surface area contributed by atoms with Crippen LogP contribution in [0.1, 0.15) is 10.4 Å². The van der Waals surface area contributed by atoms with Crippen molar-refractivity contribution in [1.82, 2.24) is 0 Å². The second-order valence-electron chi connectivity index (χ2n) is 3.80. The van der Waals surface area contributed by atoms with Gasteiger partial charge in [0.25, 0.3) is 0 Å². The first-order chi connectivity index (χ1) is 9.06. The molecular weight excluding hydrogens is 307 g/mol. The van der Waals surface area contributed by atoms with Gasteiger partial charge >= 0.3 is 0 Å². The molecule has 0 heterocycles. The lowest BCUT2D eigenvalue weighted by molar-refractivity contribution is 0.0921. The van der Waals surface area contributed by atoms with Gasteiger partial charge in [0.2, 0.25) is 5.78 Å². The van der Waals surface area contributed by atoms with E-state index in [1.54, 1.807) is 42.5 Å². The Kier molecular flexibility index (Phi) is 4.70. The molecule has 2 nitrogen and oxygen atoms in total. The second-order valence-corrected chi connectivity index (χ2v) is 5.08. The van der Waals surface area contributed by atoms with Crippen molar-refractivity contribution in [1.29, 1.82) is 0 Å². The number of rotatable bonds is 4. The summed E-state index contributed by atoms with van der Waals surface area (Å²) in [5, 5.41) is 1.31. The lowest BCUT2D eigenvalue weighted by atomic mass is 10.1. The maximum atomic E-state index is 11.9. The second kappa shape index (κ2) is 6.29. The molecule has 0 atom stereocenters. The van der Waals surface area contributed by atoms with Gasteiger partial charge in [-0.3, -0.25) is 4.79 Å². The molecule has 0 radical (unpaired) electrons. The number of carbonyl (C=O) groups is 1. The molecule has 0 fully saturated rings. The van der Waals surface area contributed by atoms with Gasteiger partial charge in [0, 0.05) is 15.6 Å². The summed E-state index contributed by atoms with van der Waals surface area (Å²) in [5.41, 5.74) is 0.428. The monoisotopic (exact) mass is 314 g/mol. The van der Waals surface area contributed by atoms with E-state index in [4.69, 9.17) is 39.5 Å². The molecule has 0 aliphatic rings. The van der Waals surface area contributed by atoms with Crippen LogP contribution < -0.4 is 4.74 Å². The molecule has 2 aromatic rings.